The third-order valence-corrected chi connectivity index (χ3v) is 5.11. The summed E-state index contributed by atoms with van der Waals surface area (Å²) in [5.74, 6) is 1.64. The third-order valence-electron chi connectivity index (χ3n) is 3.27. The van der Waals surface area contributed by atoms with E-state index in [1.54, 1.807) is 0 Å². The maximum atomic E-state index is 12.0. The smallest absolute Gasteiger partial charge is 0.251 e. The molecule has 0 aliphatic carbocycles. The summed E-state index contributed by atoms with van der Waals surface area (Å²) in [6.07, 6.45) is 2.43. The summed E-state index contributed by atoms with van der Waals surface area (Å²) in [7, 11) is 0. The van der Waals surface area contributed by atoms with Crippen molar-refractivity contribution >= 4 is 29.3 Å². The van der Waals surface area contributed by atoms with Gasteiger partial charge < -0.3 is 5.32 Å². The molecule has 0 bridgehead atoms. The highest BCUT2D eigenvalue weighted by Gasteiger charge is 2.29. The molecular weight excluding hydrogens is 266 g/mol. The molecule has 2 rings (SSSR count). The Bertz CT molecular complexity index is 430. The molecule has 0 aromatic heterocycles. The van der Waals surface area contributed by atoms with E-state index < -0.39 is 0 Å². The molecule has 1 saturated heterocycles. The standard InChI is InChI=1S/C14H18ClNOS/c1-14(6-3-7-18-14)10-16-13(17)12-5-2-4-11(8-12)9-15/h2,4-5,8H,3,6-7,9-10H2,1H3,(H,16,17). The Hall–Kier alpha value is -0.670. The molecule has 1 amide bonds. The predicted octanol–water partition coefficient (Wildman–Crippen LogP) is 3.44. The molecule has 1 aromatic carbocycles. The van der Waals surface area contributed by atoms with Crippen molar-refractivity contribution in [1.29, 1.82) is 0 Å². The molecule has 1 aliphatic rings. The van der Waals surface area contributed by atoms with Crippen LogP contribution in [0.3, 0.4) is 0 Å². The zero-order valence-electron chi connectivity index (χ0n) is 10.5. The van der Waals surface area contributed by atoms with Crippen LogP contribution in [0.5, 0.6) is 0 Å². The van der Waals surface area contributed by atoms with Crippen molar-refractivity contribution in [2.75, 3.05) is 12.3 Å². The second-order valence-corrected chi connectivity index (χ2v) is 6.87. The molecule has 1 fully saturated rings. The quantitative estimate of drug-likeness (QED) is 0.858. The van der Waals surface area contributed by atoms with Crippen LogP contribution in [0.15, 0.2) is 24.3 Å². The van der Waals surface area contributed by atoms with E-state index in [9.17, 15) is 4.79 Å². The third kappa shape index (κ3) is 3.42. The molecule has 1 N–H and O–H groups in total. The van der Waals surface area contributed by atoms with Crippen LogP contribution >= 0.6 is 23.4 Å². The lowest BCUT2D eigenvalue weighted by Crippen LogP contribution is -2.36. The molecule has 0 radical (unpaired) electrons. The molecule has 18 heavy (non-hydrogen) atoms. The van der Waals surface area contributed by atoms with Gasteiger partial charge in [-0.2, -0.15) is 11.8 Å². The number of benzene rings is 1. The van der Waals surface area contributed by atoms with Gasteiger partial charge in [0.05, 0.1) is 0 Å². The number of hydrogen-bond donors (Lipinski definition) is 1. The van der Waals surface area contributed by atoms with Gasteiger partial charge in [-0.05, 0) is 43.2 Å². The summed E-state index contributed by atoms with van der Waals surface area (Å²) in [6.45, 7) is 2.96. The van der Waals surface area contributed by atoms with E-state index in [1.807, 2.05) is 36.0 Å². The van der Waals surface area contributed by atoms with Crippen LogP contribution in [0.2, 0.25) is 0 Å². The van der Waals surface area contributed by atoms with Crippen molar-refractivity contribution in [1.82, 2.24) is 5.32 Å². The van der Waals surface area contributed by atoms with E-state index in [-0.39, 0.29) is 10.7 Å². The summed E-state index contributed by atoms with van der Waals surface area (Å²) >= 11 is 7.73. The van der Waals surface area contributed by atoms with Gasteiger partial charge in [-0.15, -0.1) is 11.6 Å². The van der Waals surface area contributed by atoms with Crippen molar-refractivity contribution in [2.45, 2.75) is 30.4 Å². The number of halogens is 1. The molecular formula is C14H18ClNOS. The monoisotopic (exact) mass is 283 g/mol. The SMILES string of the molecule is CC1(CNC(=O)c2cccc(CCl)c2)CCCS1. The van der Waals surface area contributed by atoms with Gasteiger partial charge in [-0.3, -0.25) is 4.79 Å². The number of carbonyl (C=O) groups is 1. The highest BCUT2D eigenvalue weighted by molar-refractivity contribution is 8.00. The second-order valence-electron chi connectivity index (χ2n) is 4.92. The lowest BCUT2D eigenvalue weighted by molar-refractivity contribution is 0.0950. The molecule has 1 heterocycles. The molecule has 4 heteroatoms. The molecule has 98 valence electrons. The molecule has 1 atom stereocenters. The van der Waals surface area contributed by atoms with Crippen LogP contribution < -0.4 is 5.32 Å². The van der Waals surface area contributed by atoms with Crippen molar-refractivity contribution in [2.24, 2.45) is 0 Å². The number of nitrogens with one attached hydrogen (secondary N) is 1. The van der Waals surface area contributed by atoms with Crippen LogP contribution in [0.1, 0.15) is 35.7 Å². The van der Waals surface area contributed by atoms with E-state index >= 15 is 0 Å². The maximum Gasteiger partial charge on any atom is 0.251 e. The number of hydrogen-bond acceptors (Lipinski definition) is 2. The second kappa shape index (κ2) is 5.98. The Kier molecular flexibility index (Phi) is 4.57. The minimum Gasteiger partial charge on any atom is -0.351 e. The van der Waals surface area contributed by atoms with Crippen molar-refractivity contribution in [3.05, 3.63) is 35.4 Å². The van der Waals surface area contributed by atoms with E-state index in [0.717, 1.165) is 12.1 Å². The predicted molar refractivity (Wildman–Crippen MR) is 78.4 cm³/mol. The number of carbonyl (C=O) groups excluding carboxylic acids is 1. The van der Waals surface area contributed by atoms with Crippen LogP contribution in [0.25, 0.3) is 0 Å². The topological polar surface area (TPSA) is 29.1 Å². The first-order valence-corrected chi connectivity index (χ1v) is 7.72. The van der Waals surface area contributed by atoms with Crippen molar-refractivity contribution < 1.29 is 4.79 Å². The highest BCUT2D eigenvalue weighted by atomic mass is 35.5. The van der Waals surface area contributed by atoms with Gasteiger partial charge in [0.2, 0.25) is 0 Å². The van der Waals surface area contributed by atoms with Gasteiger partial charge in [0, 0.05) is 22.7 Å². The van der Waals surface area contributed by atoms with Gasteiger partial charge >= 0.3 is 0 Å². The first-order valence-electron chi connectivity index (χ1n) is 6.20. The molecule has 1 aliphatic heterocycles. The highest BCUT2D eigenvalue weighted by Crippen LogP contribution is 2.36. The van der Waals surface area contributed by atoms with E-state index in [4.69, 9.17) is 11.6 Å². The number of rotatable bonds is 4. The average molecular weight is 284 g/mol. The Morgan fingerprint density at radius 3 is 3.06 bits per heavy atom. The van der Waals surface area contributed by atoms with Gasteiger partial charge in [-0.1, -0.05) is 12.1 Å². The normalized spacial score (nSPS) is 23.0. The lowest BCUT2D eigenvalue weighted by Gasteiger charge is -2.22. The number of amides is 1. The van der Waals surface area contributed by atoms with Gasteiger partial charge in [0.15, 0.2) is 0 Å². The summed E-state index contributed by atoms with van der Waals surface area (Å²) in [5.41, 5.74) is 1.67. The van der Waals surface area contributed by atoms with Crippen LogP contribution in [0, 0.1) is 0 Å². The maximum absolute atomic E-state index is 12.0. The fraction of sp³-hybridized carbons (Fsp3) is 0.500. The van der Waals surface area contributed by atoms with Crippen LogP contribution in [0.4, 0.5) is 0 Å². The van der Waals surface area contributed by atoms with Gasteiger partial charge in [0.1, 0.15) is 0 Å². The fourth-order valence-electron chi connectivity index (χ4n) is 2.14. The van der Waals surface area contributed by atoms with Crippen molar-refractivity contribution in [3.8, 4) is 0 Å². The minimum absolute atomic E-state index is 0.00399. The fourth-order valence-corrected chi connectivity index (χ4v) is 3.55. The number of alkyl halides is 1. The molecule has 0 saturated carbocycles. The zero-order chi connectivity index (χ0) is 13.0. The first-order chi connectivity index (χ1) is 8.63. The Labute approximate surface area is 117 Å². The van der Waals surface area contributed by atoms with E-state index in [1.165, 1.54) is 18.6 Å². The first kappa shape index (κ1) is 13.8. The molecule has 0 spiro atoms. The van der Waals surface area contributed by atoms with E-state index in [2.05, 4.69) is 12.2 Å². The number of thioether (sulfide) groups is 1. The van der Waals surface area contributed by atoms with Crippen LogP contribution in [-0.2, 0) is 5.88 Å². The Balaban J connectivity index is 1.94. The zero-order valence-corrected chi connectivity index (χ0v) is 12.1. The summed E-state index contributed by atoms with van der Waals surface area (Å²) < 4.78 is 0.208. The average Bonchev–Trinajstić information content (AvgIpc) is 2.83. The van der Waals surface area contributed by atoms with Gasteiger partial charge in [0.25, 0.3) is 5.91 Å². The molecule has 1 unspecified atom stereocenters. The minimum atomic E-state index is -0.00399. The summed E-state index contributed by atoms with van der Waals surface area (Å²) in [6, 6.07) is 7.48. The molecule has 1 aromatic rings. The van der Waals surface area contributed by atoms with Crippen LogP contribution in [-0.4, -0.2) is 23.0 Å². The summed E-state index contributed by atoms with van der Waals surface area (Å²) in [5, 5.41) is 3.03. The molecule has 2 nitrogen and oxygen atoms in total. The lowest BCUT2D eigenvalue weighted by atomic mass is 10.1. The largest absolute Gasteiger partial charge is 0.351 e. The van der Waals surface area contributed by atoms with E-state index in [0.29, 0.717) is 11.4 Å². The summed E-state index contributed by atoms with van der Waals surface area (Å²) in [4.78, 5) is 12.0. The Morgan fingerprint density at radius 2 is 2.39 bits per heavy atom. The van der Waals surface area contributed by atoms with Gasteiger partial charge in [-0.25, -0.2) is 0 Å². The Morgan fingerprint density at radius 1 is 1.56 bits per heavy atom. The van der Waals surface area contributed by atoms with Crippen molar-refractivity contribution in [3.63, 3.8) is 0 Å².